The molecule has 3 rings (SSSR count). The molecule has 0 bridgehead atoms. The Labute approximate surface area is 153 Å². The SMILES string of the molecule is Cc1cc(C(=O)N2CCCCCC2)nc(Nc2ccc(Cl)cc2C)n1. The lowest BCUT2D eigenvalue weighted by atomic mass is 10.2. The van der Waals surface area contributed by atoms with Crippen LogP contribution in [0.25, 0.3) is 0 Å². The van der Waals surface area contributed by atoms with Gasteiger partial charge in [-0.3, -0.25) is 4.79 Å². The minimum absolute atomic E-state index is 0.0109. The van der Waals surface area contributed by atoms with Crippen LogP contribution in [0, 0.1) is 13.8 Å². The van der Waals surface area contributed by atoms with Gasteiger partial charge in [-0.1, -0.05) is 24.4 Å². The molecule has 0 saturated carbocycles. The predicted octanol–water partition coefficient (Wildman–Crippen LogP) is 4.51. The van der Waals surface area contributed by atoms with Crippen LogP contribution in [0.15, 0.2) is 24.3 Å². The summed E-state index contributed by atoms with van der Waals surface area (Å²) >= 11 is 6.00. The average molecular weight is 359 g/mol. The Morgan fingerprint density at radius 2 is 1.80 bits per heavy atom. The third-order valence-corrected chi connectivity index (χ3v) is 4.64. The van der Waals surface area contributed by atoms with Gasteiger partial charge in [0.15, 0.2) is 0 Å². The second-order valence-corrected chi connectivity index (χ2v) is 6.95. The minimum atomic E-state index is -0.0109. The van der Waals surface area contributed by atoms with Crippen molar-refractivity contribution in [3.05, 3.63) is 46.2 Å². The Bertz CT molecular complexity index is 770. The average Bonchev–Trinajstić information content (AvgIpc) is 2.85. The van der Waals surface area contributed by atoms with E-state index >= 15 is 0 Å². The van der Waals surface area contributed by atoms with Crippen molar-refractivity contribution in [1.82, 2.24) is 14.9 Å². The summed E-state index contributed by atoms with van der Waals surface area (Å²) in [6, 6.07) is 7.34. The number of amides is 1. The molecule has 1 saturated heterocycles. The first-order valence-corrected chi connectivity index (χ1v) is 9.09. The number of aryl methyl sites for hydroxylation is 2. The van der Waals surface area contributed by atoms with Gasteiger partial charge in [0.1, 0.15) is 5.69 Å². The standard InChI is InChI=1S/C19H23ClN4O/c1-13-11-15(20)7-8-16(13)22-19-21-14(2)12-17(23-19)18(25)24-9-5-3-4-6-10-24/h7-8,11-12H,3-6,9-10H2,1-2H3,(H,21,22,23). The maximum atomic E-state index is 12.8. The molecule has 2 heterocycles. The zero-order valence-corrected chi connectivity index (χ0v) is 15.4. The Balaban J connectivity index is 1.83. The Kier molecular flexibility index (Phi) is 5.53. The molecule has 6 heteroatoms. The van der Waals surface area contributed by atoms with Crippen LogP contribution in [0.3, 0.4) is 0 Å². The van der Waals surface area contributed by atoms with E-state index in [2.05, 4.69) is 15.3 Å². The number of rotatable bonds is 3. The molecule has 0 spiro atoms. The number of benzene rings is 1. The topological polar surface area (TPSA) is 58.1 Å². The third-order valence-electron chi connectivity index (χ3n) is 4.40. The summed E-state index contributed by atoms with van der Waals surface area (Å²) in [5.41, 5.74) is 3.09. The van der Waals surface area contributed by atoms with E-state index in [0.717, 1.165) is 42.9 Å². The van der Waals surface area contributed by atoms with Crippen LogP contribution in [0.2, 0.25) is 5.02 Å². The van der Waals surface area contributed by atoms with Crippen molar-refractivity contribution in [3.63, 3.8) is 0 Å². The molecular formula is C19H23ClN4O. The highest BCUT2D eigenvalue weighted by Crippen LogP contribution is 2.22. The summed E-state index contributed by atoms with van der Waals surface area (Å²) < 4.78 is 0. The molecular weight excluding hydrogens is 336 g/mol. The van der Waals surface area contributed by atoms with Gasteiger partial charge < -0.3 is 10.2 Å². The summed E-state index contributed by atoms with van der Waals surface area (Å²) in [5, 5.41) is 3.88. The fraction of sp³-hybridized carbons (Fsp3) is 0.421. The van der Waals surface area contributed by atoms with Gasteiger partial charge in [-0.15, -0.1) is 0 Å². The molecule has 0 atom stereocenters. The van der Waals surface area contributed by atoms with Gasteiger partial charge >= 0.3 is 0 Å². The molecule has 5 nitrogen and oxygen atoms in total. The first kappa shape index (κ1) is 17.7. The van der Waals surface area contributed by atoms with E-state index in [1.165, 1.54) is 12.8 Å². The summed E-state index contributed by atoms with van der Waals surface area (Å²) in [6.07, 6.45) is 4.50. The lowest BCUT2D eigenvalue weighted by Crippen LogP contribution is -2.32. The van der Waals surface area contributed by atoms with Gasteiger partial charge in [0, 0.05) is 29.5 Å². The highest BCUT2D eigenvalue weighted by molar-refractivity contribution is 6.30. The maximum absolute atomic E-state index is 12.8. The van der Waals surface area contributed by atoms with Crippen molar-refractivity contribution in [2.45, 2.75) is 39.5 Å². The first-order valence-electron chi connectivity index (χ1n) is 8.71. The van der Waals surface area contributed by atoms with E-state index in [4.69, 9.17) is 11.6 Å². The van der Waals surface area contributed by atoms with E-state index in [1.54, 1.807) is 6.07 Å². The number of carbonyl (C=O) groups excluding carboxylic acids is 1. The van der Waals surface area contributed by atoms with Crippen molar-refractivity contribution < 1.29 is 4.79 Å². The van der Waals surface area contributed by atoms with E-state index in [9.17, 15) is 4.79 Å². The number of likely N-dealkylation sites (tertiary alicyclic amines) is 1. The van der Waals surface area contributed by atoms with Crippen molar-refractivity contribution in [2.75, 3.05) is 18.4 Å². The lowest BCUT2D eigenvalue weighted by Gasteiger charge is -2.20. The highest BCUT2D eigenvalue weighted by atomic mass is 35.5. The van der Waals surface area contributed by atoms with Gasteiger partial charge in [-0.2, -0.15) is 0 Å². The summed E-state index contributed by atoms with van der Waals surface area (Å²) in [7, 11) is 0. The Morgan fingerprint density at radius 3 is 2.48 bits per heavy atom. The predicted molar refractivity (Wildman–Crippen MR) is 101 cm³/mol. The van der Waals surface area contributed by atoms with E-state index in [0.29, 0.717) is 16.7 Å². The molecule has 1 amide bonds. The van der Waals surface area contributed by atoms with E-state index in [1.807, 2.05) is 36.9 Å². The molecule has 1 N–H and O–H groups in total. The van der Waals surface area contributed by atoms with Gasteiger partial charge in [0.2, 0.25) is 5.95 Å². The van der Waals surface area contributed by atoms with Crippen LogP contribution in [-0.4, -0.2) is 33.9 Å². The first-order chi connectivity index (χ1) is 12.0. The monoisotopic (exact) mass is 358 g/mol. The molecule has 1 aromatic heterocycles. The zero-order valence-electron chi connectivity index (χ0n) is 14.7. The molecule has 0 unspecified atom stereocenters. The lowest BCUT2D eigenvalue weighted by molar-refractivity contribution is 0.0755. The van der Waals surface area contributed by atoms with Crippen LogP contribution in [0.1, 0.15) is 47.4 Å². The van der Waals surface area contributed by atoms with Crippen LogP contribution < -0.4 is 5.32 Å². The molecule has 1 aliphatic rings. The maximum Gasteiger partial charge on any atom is 0.272 e. The van der Waals surface area contributed by atoms with E-state index < -0.39 is 0 Å². The molecule has 0 radical (unpaired) electrons. The third kappa shape index (κ3) is 4.48. The van der Waals surface area contributed by atoms with Crippen LogP contribution in [0.4, 0.5) is 11.6 Å². The Hall–Kier alpha value is -2.14. The Morgan fingerprint density at radius 1 is 1.08 bits per heavy atom. The number of nitrogens with one attached hydrogen (secondary N) is 1. The number of nitrogens with zero attached hydrogens (tertiary/aromatic N) is 3. The minimum Gasteiger partial charge on any atom is -0.337 e. The molecule has 132 valence electrons. The van der Waals surface area contributed by atoms with Gasteiger partial charge in [-0.25, -0.2) is 9.97 Å². The van der Waals surface area contributed by atoms with Crippen LogP contribution in [-0.2, 0) is 0 Å². The molecule has 1 fully saturated rings. The zero-order chi connectivity index (χ0) is 17.8. The fourth-order valence-electron chi connectivity index (χ4n) is 3.06. The molecule has 0 aliphatic carbocycles. The largest absolute Gasteiger partial charge is 0.337 e. The second kappa shape index (κ2) is 7.83. The molecule has 1 aliphatic heterocycles. The molecule has 25 heavy (non-hydrogen) atoms. The second-order valence-electron chi connectivity index (χ2n) is 6.51. The smallest absolute Gasteiger partial charge is 0.272 e. The van der Waals surface area contributed by atoms with Crippen molar-refractivity contribution in [3.8, 4) is 0 Å². The van der Waals surface area contributed by atoms with Gasteiger partial charge in [-0.05, 0) is 56.5 Å². The number of halogens is 1. The van der Waals surface area contributed by atoms with Crippen LogP contribution >= 0.6 is 11.6 Å². The van der Waals surface area contributed by atoms with E-state index in [-0.39, 0.29) is 5.91 Å². The van der Waals surface area contributed by atoms with Gasteiger partial charge in [0.05, 0.1) is 0 Å². The fourth-order valence-corrected chi connectivity index (χ4v) is 3.28. The summed E-state index contributed by atoms with van der Waals surface area (Å²) in [4.78, 5) is 23.6. The van der Waals surface area contributed by atoms with Gasteiger partial charge in [0.25, 0.3) is 5.91 Å². The highest BCUT2D eigenvalue weighted by Gasteiger charge is 2.19. The number of carbonyl (C=O) groups is 1. The molecule has 1 aromatic carbocycles. The van der Waals surface area contributed by atoms with Crippen LogP contribution in [0.5, 0.6) is 0 Å². The van der Waals surface area contributed by atoms with Crippen molar-refractivity contribution >= 4 is 29.1 Å². The number of anilines is 2. The quantitative estimate of drug-likeness (QED) is 0.877. The van der Waals surface area contributed by atoms with Crippen molar-refractivity contribution in [2.24, 2.45) is 0 Å². The molecule has 2 aromatic rings. The summed E-state index contributed by atoms with van der Waals surface area (Å²) in [6.45, 7) is 5.45. The number of hydrogen-bond donors (Lipinski definition) is 1. The van der Waals surface area contributed by atoms with Crippen molar-refractivity contribution in [1.29, 1.82) is 0 Å². The number of hydrogen-bond acceptors (Lipinski definition) is 4. The number of aromatic nitrogens is 2. The summed E-state index contributed by atoms with van der Waals surface area (Å²) in [5.74, 6) is 0.423. The normalized spacial score (nSPS) is 14.9.